The van der Waals surface area contributed by atoms with E-state index in [9.17, 15) is 0 Å². The topological polar surface area (TPSA) is 71.3 Å². The number of likely N-dealkylation sites (N-methyl/N-ethyl adjacent to an activating group) is 1. The molecule has 4 aromatic rings. The first-order chi connectivity index (χ1) is 15.2. The third kappa shape index (κ3) is 3.89. The number of nitrogens with one attached hydrogen (secondary N) is 1. The third-order valence-corrected chi connectivity index (χ3v) is 5.65. The number of aromatic nitrogens is 4. The number of methoxy groups -OCH3 is 1. The maximum atomic E-state index is 5.36. The number of nitrogens with zero attached hydrogens (tertiary/aromatic N) is 6. The van der Waals surface area contributed by atoms with Gasteiger partial charge in [-0.2, -0.15) is 5.10 Å². The van der Waals surface area contributed by atoms with Crippen molar-refractivity contribution in [2.45, 2.75) is 0 Å². The Balaban J connectivity index is 1.43. The van der Waals surface area contributed by atoms with Crippen molar-refractivity contribution in [1.29, 1.82) is 0 Å². The summed E-state index contributed by atoms with van der Waals surface area (Å²) in [5.41, 5.74) is 4.69. The van der Waals surface area contributed by atoms with E-state index in [0.717, 1.165) is 54.3 Å². The Labute approximate surface area is 181 Å². The maximum Gasteiger partial charge on any atom is 0.160 e. The highest BCUT2D eigenvalue weighted by molar-refractivity contribution is 5.88. The second-order valence-corrected chi connectivity index (χ2v) is 7.68. The monoisotopic (exact) mass is 415 g/mol. The number of hydrogen-bond acceptors (Lipinski definition) is 7. The Morgan fingerprint density at radius 2 is 1.74 bits per heavy atom. The lowest BCUT2D eigenvalue weighted by atomic mass is 10.2. The number of piperazine rings is 1. The first-order valence-electron chi connectivity index (χ1n) is 10.3. The van der Waals surface area contributed by atoms with E-state index in [1.807, 2.05) is 28.9 Å². The van der Waals surface area contributed by atoms with Crippen LogP contribution >= 0.6 is 0 Å². The van der Waals surface area contributed by atoms with Crippen LogP contribution in [0.2, 0.25) is 0 Å². The molecule has 1 fully saturated rings. The molecule has 5 rings (SSSR count). The Morgan fingerprint density at radius 3 is 2.52 bits per heavy atom. The Morgan fingerprint density at radius 1 is 0.935 bits per heavy atom. The quantitative estimate of drug-likeness (QED) is 0.536. The summed E-state index contributed by atoms with van der Waals surface area (Å²) < 4.78 is 7.20. The fourth-order valence-corrected chi connectivity index (χ4v) is 3.85. The molecule has 1 N–H and O–H groups in total. The zero-order chi connectivity index (χ0) is 21.2. The van der Waals surface area contributed by atoms with Crippen LogP contribution in [0.15, 0.2) is 61.1 Å². The van der Waals surface area contributed by atoms with Gasteiger partial charge in [-0.1, -0.05) is 6.07 Å². The number of benzene rings is 2. The van der Waals surface area contributed by atoms with Crippen LogP contribution in [0.3, 0.4) is 0 Å². The molecule has 0 radical (unpaired) electrons. The minimum Gasteiger partial charge on any atom is -0.497 e. The van der Waals surface area contributed by atoms with Gasteiger partial charge in [-0.3, -0.25) is 0 Å². The van der Waals surface area contributed by atoms with Crippen molar-refractivity contribution < 1.29 is 4.74 Å². The number of fused-ring (bicyclic) bond motifs is 1. The van der Waals surface area contributed by atoms with Crippen molar-refractivity contribution in [1.82, 2.24) is 24.6 Å². The van der Waals surface area contributed by atoms with Gasteiger partial charge in [-0.05, 0) is 43.4 Å². The molecule has 2 aromatic heterocycles. The molecule has 0 amide bonds. The van der Waals surface area contributed by atoms with Crippen LogP contribution in [-0.2, 0) is 0 Å². The summed E-state index contributed by atoms with van der Waals surface area (Å²) in [6.45, 7) is 4.28. The highest BCUT2D eigenvalue weighted by atomic mass is 16.5. The van der Waals surface area contributed by atoms with Crippen molar-refractivity contribution >= 4 is 28.2 Å². The van der Waals surface area contributed by atoms with E-state index in [1.54, 1.807) is 19.6 Å². The lowest BCUT2D eigenvalue weighted by molar-refractivity contribution is 0.313. The van der Waals surface area contributed by atoms with Gasteiger partial charge in [0.2, 0.25) is 0 Å². The van der Waals surface area contributed by atoms with Crippen molar-refractivity contribution in [3.05, 3.63) is 61.1 Å². The molecule has 0 atom stereocenters. The van der Waals surface area contributed by atoms with E-state index < -0.39 is 0 Å². The maximum absolute atomic E-state index is 5.36. The van der Waals surface area contributed by atoms with Crippen molar-refractivity contribution in [2.75, 3.05) is 50.6 Å². The molecular weight excluding hydrogens is 390 g/mol. The normalized spacial score (nSPS) is 14.7. The first kappa shape index (κ1) is 19.3. The molecule has 1 aliphatic rings. The molecule has 0 unspecified atom stereocenters. The predicted molar refractivity (Wildman–Crippen MR) is 123 cm³/mol. The van der Waals surface area contributed by atoms with Crippen LogP contribution < -0.4 is 15.0 Å². The Hall–Kier alpha value is -3.65. The summed E-state index contributed by atoms with van der Waals surface area (Å²) in [6, 6.07) is 16.3. The Bertz CT molecular complexity index is 1180. The van der Waals surface area contributed by atoms with Gasteiger partial charge in [0.1, 0.15) is 23.1 Å². The van der Waals surface area contributed by atoms with E-state index in [-0.39, 0.29) is 0 Å². The first-order valence-corrected chi connectivity index (χ1v) is 10.3. The third-order valence-electron chi connectivity index (χ3n) is 5.65. The zero-order valence-electron chi connectivity index (χ0n) is 17.7. The lowest BCUT2D eigenvalue weighted by Crippen LogP contribution is -2.44. The second-order valence-electron chi connectivity index (χ2n) is 7.68. The molecule has 2 aromatic carbocycles. The minimum absolute atomic E-state index is 0.706. The molecule has 1 saturated heterocycles. The molecule has 0 aliphatic carbocycles. The molecule has 1 aliphatic heterocycles. The SMILES string of the molecule is COc1cccc(-n2ncc3ncnc(Nc4ccc(N5CCN(C)CC5)cc4)c32)c1. The minimum atomic E-state index is 0.706. The van der Waals surface area contributed by atoms with Crippen LogP contribution in [-0.4, -0.2) is 65.0 Å². The number of ether oxygens (including phenoxy) is 1. The van der Waals surface area contributed by atoms with Crippen LogP contribution in [0.25, 0.3) is 16.7 Å². The molecule has 31 heavy (non-hydrogen) atoms. The molecule has 0 saturated carbocycles. The molecule has 0 spiro atoms. The fraction of sp³-hybridized carbons (Fsp3) is 0.261. The second kappa shape index (κ2) is 8.23. The van der Waals surface area contributed by atoms with Gasteiger partial charge in [-0.15, -0.1) is 0 Å². The zero-order valence-corrected chi connectivity index (χ0v) is 17.7. The van der Waals surface area contributed by atoms with E-state index in [0.29, 0.717) is 5.82 Å². The molecular formula is C23H25N7O. The average Bonchev–Trinajstić information content (AvgIpc) is 3.26. The van der Waals surface area contributed by atoms with Crippen molar-refractivity contribution in [3.63, 3.8) is 0 Å². The number of hydrogen-bond donors (Lipinski definition) is 1. The van der Waals surface area contributed by atoms with Gasteiger partial charge in [0, 0.05) is 43.6 Å². The number of anilines is 3. The van der Waals surface area contributed by atoms with E-state index in [2.05, 4.69) is 61.5 Å². The predicted octanol–water partition coefficient (Wildman–Crippen LogP) is 3.32. The van der Waals surface area contributed by atoms with Gasteiger partial charge in [-0.25, -0.2) is 14.6 Å². The van der Waals surface area contributed by atoms with Crippen LogP contribution in [0.4, 0.5) is 17.2 Å². The van der Waals surface area contributed by atoms with Crippen LogP contribution in [0.1, 0.15) is 0 Å². The van der Waals surface area contributed by atoms with E-state index in [1.165, 1.54) is 5.69 Å². The summed E-state index contributed by atoms with van der Waals surface area (Å²) in [6.07, 6.45) is 3.30. The summed E-state index contributed by atoms with van der Waals surface area (Å²) in [5, 5.41) is 7.97. The van der Waals surface area contributed by atoms with Crippen LogP contribution in [0.5, 0.6) is 5.75 Å². The standard InChI is InChI=1S/C23H25N7O/c1-28-10-12-29(13-11-28)18-8-6-17(7-9-18)27-23-22-21(24-16-25-23)15-26-30(22)19-4-3-5-20(14-19)31-2/h3-9,14-16H,10-13H2,1-2H3,(H,24,25,27). The molecule has 3 heterocycles. The van der Waals surface area contributed by atoms with Crippen molar-refractivity contribution in [3.8, 4) is 11.4 Å². The highest BCUT2D eigenvalue weighted by Crippen LogP contribution is 2.28. The highest BCUT2D eigenvalue weighted by Gasteiger charge is 2.15. The smallest absolute Gasteiger partial charge is 0.160 e. The van der Waals surface area contributed by atoms with Crippen LogP contribution in [0, 0.1) is 0 Å². The number of rotatable bonds is 5. The molecule has 158 valence electrons. The van der Waals surface area contributed by atoms with Crippen molar-refractivity contribution in [2.24, 2.45) is 0 Å². The fourth-order valence-electron chi connectivity index (χ4n) is 3.85. The lowest BCUT2D eigenvalue weighted by Gasteiger charge is -2.34. The molecule has 0 bridgehead atoms. The average molecular weight is 416 g/mol. The van der Waals surface area contributed by atoms with Gasteiger partial charge in [0.25, 0.3) is 0 Å². The largest absolute Gasteiger partial charge is 0.497 e. The Kier molecular flexibility index (Phi) is 5.13. The summed E-state index contributed by atoms with van der Waals surface area (Å²) in [7, 11) is 3.82. The summed E-state index contributed by atoms with van der Waals surface area (Å²) in [4.78, 5) is 13.7. The van der Waals surface area contributed by atoms with Gasteiger partial charge >= 0.3 is 0 Å². The molecule has 8 heteroatoms. The van der Waals surface area contributed by atoms with E-state index in [4.69, 9.17) is 4.74 Å². The van der Waals surface area contributed by atoms with Gasteiger partial charge < -0.3 is 19.9 Å². The van der Waals surface area contributed by atoms with Gasteiger partial charge in [0.15, 0.2) is 5.82 Å². The molecule has 8 nitrogen and oxygen atoms in total. The van der Waals surface area contributed by atoms with E-state index >= 15 is 0 Å². The summed E-state index contributed by atoms with van der Waals surface area (Å²) >= 11 is 0. The van der Waals surface area contributed by atoms with Gasteiger partial charge in [0.05, 0.1) is 19.0 Å². The summed E-state index contributed by atoms with van der Waals surface area (Å²) in [5.74, 6) is 1.48.